The molecule has 102 valence electrons. The van der Waals surface area contributed by atoms with Crippen LogP contribution in [0.2, 0.25) is 0 Å². The zero-order chi connectivity index (χ0) is 13.5. The highest BCUT2D eigenvalue weighted by Gasteiger charge is 2.30. The molecule has 2 aliphatic carbocycles. The number of tetrazole rings is 1. The van der Waals surface area contributed by atoms with Crippen molar-refractivity contribution in [2.45, 2.75) is 31.7 Å². The summed E-state index contributed by atoms with van der Waals surface area (Å²) < 4.78 is 1.88. The van der Waals surface area contributed by atoms with Crippen molar-refractivity contribution in [2.75, 3.05) is 5.32 Å². The van der Waals surface area contributed by atoms with Crippen LogP contribution in [0, 0.1) is 5.92 Å². The van der Waals surface area contributed by atoms with Gasteiger partial charge in [-0.2, -0.15) is 0 Å². The normalized spacial score (nSPS) is 18.0. The highest BCUT2D eigenvalue weighted by molar-refractivity contribution is 5.94. The minimum Gasteiger partial charge on any atom is -0.326 e. The first-order chi connectivity index (χ1) is 9.81. The molecule has 2 fully saturated rings. The second kappa shape index (κ2) is 4.40. The van der Waals surface area contributed by atoms with Gasteiger partial charge in [-0.15, -0.1) is 5.10 Å². The quantitative estimate of drug-likeness (QED) is 0.921. The van der Waals surface area contributed by atoms with Crippen molar-refractivity contribution in [3.8, 4) is 11.4 Å². The number of nitrogens with one attached hydrogen (secondary N) is 1. The van der Waals surface area contributed by atoms with E-state index < -0.39 is 0 Å². The van der Waals surface area contributed by atoms with Crippen molar-refractivity contribution < 1.29 is 4.79 Å². The standard InChI is InChI=1S/C14H15N5O/c20-14(9-4-5-9)15-11-3-1-2-10(8-11)13-16-17-18-19(13)12-6-7-12/h1-3,8-9,12H,4-7H2,(H,15,20). The maximum absolute atomic E-state index is 11.8. The molecular weight excluding hydrogens is 254 g/mol. The summed E-state index contributed by atoms with van der Waals surface area (Å²) in [5.74, 6) is 1.09. The van der Waals surface area contributed by atoms with Crippen LogP contribution < -0.4 is 5.32 Å². The summed E-state index contributed by atoms with van der Waals surface area (Å²) in [5.41, 5.74) is 1.75. The van der Waals surface area contributed by atoms with Gasteiger partial charge < -0.3 is 5.32 Å². The molecule has 0 spiro atoms. The van der Waals surface area contributed by atoms with E-state index in [1.165, 1.54) is 0 Å². The van der Waals surface area contributed by atoms with Crippen LogP contribution in [0.15, 0.2) is 24.3 Å². The number of benzene rings is 1. The smallest absolute Gasteiger partial charge is 0.227 e. The molecule has 2 aliphatic rings. The van der Waals surface area contributed by atoms with E-state index in [-0.39, 0.29) is 11.8 Å². The molecule has 2 aromatic rings. The van der Waals surface area contributed by atoms with E-state index in [0.717, 1.165) is 42.8 Å². The van der Waals surface area contributed by atoms with Crippen molar-refractivity contribution in [3.63, 3.8) is 0 Å². The Morgan fingerprint density at radius 2 is 2.10 bits per heavy atom. The number of nitrogens with zero attached hydrogens (tertiary/aromatic N) is 4. The van der Waals surface area contributed by atoms with Crippen LogP contribution in [0.1, 0.15) is 31.7 Å². The summed E-state index contributed by atoms with van der Waals surface area (Å²) in [7, 11) is 0. The molecule has 0 aliphatic heterocycles. The lowest BCUT2D eigenvalue weighted by Crippen LogP contribution is -2.13. The second-order valence-electron chi connectivity index (χ2n) is 5.52. The monoisotopic (exact) mass is 269 g/mol. The van der Waals surface area contributed by atoms with Gasteiger partial charge in [-0.1, -0.05) is 12.1 Å². The van der Waals surface area contributed by atoms with Crippen LogP contribution in [-0.2, 0) is 4.79 Å². The topological polar surface area (TPSA) is 72.7 Å². The summed E-state index contributed by atoms with van der Waals surface area (Å²) >= 11 is 0. The Balaban J connectivity index is 1.61. The number of hydrogen-bond donors (Lipinski definition) is 1. The first kappa shape index (κ1) is 11.6. The molecule has 1 N–H and O–H groups in total. The summed E-state index contributed by atoms with van der Waals surface area (Å²) in [4.78, 5) is 11.8. The number of aromatic nitrogens is 4. The minimum atomic E-state index is 0.115. The van der Waals surface area contributed by atoms with Crippen molar-refractivity contribution in [1.82, 2.24) is 20.2 Å². The highest BCUT2D eigenvalue weighted by atomic mass is 16.2. The van der Waals surface area contributed by atoms with Crippen molar-refractivity contribution >= 4 is 11.6 Å². The van der Waals surface area contributed by atoms with Crippen LogP contribution in [0.5, 0.6) is 0 Å². The molecule has 6 nitrogen and oxygen atoms in total. The Morgan fingerprint density at radius 1 is 1.25 bits per heavy atom. The SMILES string of the molecule is O=C(Nc1cccc(-c2nnnn2C2CC2)c1)C1CC1. The van der Waals surface area contributed by atoms with Gasteiger partial charge in [-0.3, -0.25) is 4.79 Å². The van der Waals surface area contributed by atoms with E-state index in [1.807, 2.05) is 28.9 Å². The first-order valence-electron chi connectivity index (χ1n) is 7.00. The summed E-state index contributed by atoms with van der Waals surface area (Å²) in [6.45, 7) is 0. The summed E-state index contributed by atoms with van der Waals surface area (Å²) in [6, 6.07) is 8.16. The van der Waals surface area contributed by atoms with Gasteiger partial charge in [0.25, 0.3) is 0 Å². The Labute approximate surface area is 116 Å². The van der Waals surface area contributed by atoms with Crippen LogP contribution in [-0.4, -0.2) is 26.1 Å². The molecule has 1 heterocycles. The number of rotatable bonds is 4. The van der Waals surface area contributed by atoms with E-state index >= 15 is 0 Å². The Hall–Kier alpha value is -2.24. The lowest BCUT2D eigenvalue weighted by molar-refractivity contribution is -0.117. The maximum atomic E-state index is 11.8. The van der Waals surface area contributed by atoms with Gasteiger partial charge >= 0.3 is 0 Å². The molecule has 0 saturated heterocycles. The van der Waals surface area contributed by atoms with E-state index in [4.69, 9.17) is 0 Å². The predicted octanol–water partition coefficient (Wildman–Crippen LogP) is 2.02. The molecule has 0 atom stereocenters. The van der Waals surface area contributed by atoms with Crippen molar-refractivity contribution in [1.29, 1.82) is 0 Å². The maximum Gasteiger partial charge on any atom is 0.227 e. The molecular formula is C14H15N5O. The number of anilines is 1. The zero-order valence-electron chi connectivity index (χ0n) is 11.0. The van der Waals surface area contributed by atoms with E-state index in [0.29, 0.717) is 6.04 Å². The second-order valence-corrected chi connectivity index (χ2v) is 5.52. The zero-order valence-corrected chi connectivity index (χ0v) is 11.0. The van der Waals surface area contributed by atoms with Crippen molar-refractivity contribution in [2.24, 2.45) is 5.92 Å². The van der Waals surface area contributed by atoms with E-state index in [2.05, 4.69) is 20.8 Å². The fourth-order valence-corrected chi connectivity index (χ4v) is 2.27. The lowest BCUT2D eigenvalue weighted by Gasteiger charge is -2.07. The van der Waals surface area contributed by atoms with E-state index in [9.17, 15) is 4.79 Å². The molecule has 2 saturated carbocycles. The fraction of sp³-hybridized carbons (Fsp3) is 0.429. The Kier molecular flexibility index (Phi) is 2.55. The third-order valence-corrected chi connectivity index (χ3v) is 3.72. The van der Waals surface area contributed by atoms with Crippen LogP contribution in [0.3, 0.4) is 0 Å². The predicted molar refractivity (Wildman–Crippen MR) is 72.9 cm³/mol. The van der Waals surface area contributed by atoms with Gasteiger partial charge in [0.2, 0.25) is 5.91 Å². The van der Waals surface area contributed by atoms with Gasteiger partial charge in [-0.05, 0) is 48.2 Å². The highest BCUT2D eigenvalue weighted by Crippen LogP contribution is 2.37. The number of hydrogen-bond acceptors (Lipinski definition) is 4. The van der Waals surface area contributed by atoms with Crippen LogP contribution in [0.4, 0.5) is 5.69 Å². The largest absolute Gasteiger partial charge is 0.326 e. The summed E-state index contributed by atoms with van der Waals surface area (Å²) in [5, 5.41) is 14.9. The molecule has 0 unspecified atom stereocenters. The lowest BCUT2D eigenvalue weighted by atomic mass is 10.2. The van der Waals surface area contributed by atoms with Gasteiger partial charge in [-0.25, -0.2) is 4.68 Å². The minimum absolute atomic E-state index is 0.115. The van der Waals surface area contributed by atoms with E-state index in [1.54, 1.807) is 0 Å². The average molecular weight is 269 g/mol. The molecule has 1 aromatic carbocycles. The van der Waals surface area contributed by atoms with Crippen molar-refractivity contribution in [3.05, 3.63) is 24.3 Å². The first-order valence-corrected chi connectivity index (χ1v) is 7.00. The Bertz CT molecular complexity index is 657. The number of carbonyl (C=O) groups is 1. The number of carbonyl (C=O) groups excluding carboxylic acids is 1. The molecule has 0 radical (unpaired) electrons. The van der Waals surface area contributed by atoms with Gasteiger partial charge in [0.1, 0.15) is 0 Å². The molecule has 1 amide bonds. The molecule has 1 aromatic heterocycles. The van der Waals surface area contributed by atoms with Gasteiger partial charge in [0.05, 0.1) is 6.04 Å². The third-order valence-electron chi connectivity index (χ3n) is 3.72. The number of amides is 1. The Morgan fingerprint density at radius 3 is 2.85 bits per heavy atom. The average Bonchev–Trinajstić information content (AvgIpc) is 3.37. The fourth-order valence-electron chi connectivity index (χ4n) is 2.27. The molecule has 6 heteroatoms. The van der Waals surface area contributed by atoms with Gasteiger partial charge in [0.15, 0.2) is 5.82 Å². The van der Waals surface area contributed by atoms with Crippen LogP contribution in [0.25, 0.3) is 11.4 Å². The molecule has 0 bridgehead atoms. The molecule has 20 heavy (non-hydrogen) atoms. The van der Waals surface area contributed by atoms with Crippen LogP contribution >= 0.6 is 0 Å². The summed E-state index contributed by atoms with van der Waals surface area (Å²) in [6.07, 6.45) is 4.28. The third kappa shape index (κ3) is 2.17. The molecule has 4 rings (SSSR count). The van der Waals surface area contributed by atoms with Gasteiger partial charge in [0, 0.05) is 17.2 Å².